The highest BCUT2D eigenvalue weighted by Gasteiger charge is 2.43. The van der Waals surface area contributed by atoms with E-state index in [1.54, 1.807) is 4.90 Å². The lowest BCUT2D eigenvalue weighted by molar-refractivity contribution is -0.175. The number of amides is 1. The van der Waals surface area contributed by atoms with Gasteiger partial charge >= 0.3 is 5.97 Å². The minimum Gasteiger partial charge on any atom is -0.480 e. The highest BCUT2D eigenvalue weighted by Crippen LogP contribution is 2.28. The standard InChI is InChI=1S/C14H25NO4/c1-4-6-11(7-5-2)13(18)15-9-14(3,10-15)19-8-12(16)17/h11H,4-10H2,1-3H3,(H,16,17). The third kappa shape index (κ3) is 4.49. The Morgan fingerprint density at radius 3 is 2.21 bits per heavy atom. The molecule has 0 spiro atoms. The second-order valence-corrected chi connectivity index (χ2v) is 5.60. The smallest absolute Gasteiger partial charge is 0.329 e. The molecule has 0 atom stereocenters. The van der Waals surface area contributed by atoms with Crippen molar-refractivity contribution in [3.05, 3.63) is 0 Å². The van der Waals surface area contributed by atoms with Gasteiger partial charge in [0.15, 0.2) is 0 Å². The van der Waals surface area contributed by atoms with Crippen LogP contribution in [0.1, 0.15) is 46.5 Å². The Bertz CT molecular complexity index is 317. The van der Waals surface area contributed by atoms with Crippen LogP contribution in [-0.2, 0) is 14.3 Å². The topological polar surface area (TPSA) is 66.8 Å². The fraction of sp³-hybridized carbons (Fsp3) is 0.857. The maximum absolute atomic E-state index is 12.3. The fourth-order valence-corrected chi connectivity index (χ4v) is 2.59. The summed E-state index contributed by atoms with van der Waals surface area (Å²) in [5, 5.41) is 8.59. The van der Waals surface area contributed by atoms with Gasteiger partial charge in [0.2, 0.25) is 5.91 Å². The lowest BCUT2D eigenvalue weighted by Crippen LogP contribution is -2.64. The number of ether oxygens (including phenoxy) is 1. The summed E-state index contributed by atoms with van der Waals surface area (Å²) in [4.78, 5) is 24.5. The summed E-state index contributed by atoms with van der Waals surface area (Å²) in [5.41, 5.74) is -0.489. The van der Waals surface area contributed by atoms with Gasteiger partial charge in [-0.25, -0.2) is 4.79 Å². The summed E-state index contributed by atoms with van der Waals surface area (Å²) in [6.45, 7) is 6.74. The predicted molar refractivity (Wildman–Crippen MR) is 71.9 cm³/mol. The van der Waals surface area contributed by atoms with Crippen molar-refractivity contribution in [3.63, 3.8) is 0 Å². The molecule has 1 rings (SSSR count). The third-order valence-corrected chi connectivity index (χ3v) is 3.53. The van der Waals surface area contributed by atoms with Gasteiger partial charge in [0.25, 0.3) is 0 Å². The minimum atomic E-state index is -0.971. The number of carbonyl (C=O) groups is 2. The van der Waals surface area contributed by atoms with Gasteiger partial charge < -0.3 is 14.7 Å². The maximum Gasteiger partial charge on any atom is 0.329 e. The van der Waals surface area contributed by atoms with Gasteiger partial charge in [-0.1, -0.05) is 26.7 Å². The quantitative estimate of drug-likeness (QED) is 0.732. The van der Waals surface area contributed by atoms with E-state index in [1.807, 2.05) is 6.92 Å². The lowest BCUT2D eigenvalue weighted by Gasteiger charge is -2.48. The summed E-state index contributed by atoms with van der Waals surface area (Å²) in [6, 6.07) is 0. The molecule has 1 amide bonds. The average Bonchev–Trinajstić information content (AvgIpc) is 2.32. The van der Waals surface area contributed by atoms with Crippen LogP contribution in [0.15, 0.2) is 0 Å². The number of carbonyl (C=O) groups excluding carboxylic acids is 1. The number of hydrogen-bond acceptors (Lipinski definition) is 3. The number of aliphatic carboxylic acids is 1. The molecule has 19 heavy (non-hydrogen) atoms. The van der Waals surface area contributed by atoms with Crippen molar-refractivity contribution in [2.45, 2.75) is 52.1 Å². The number of rotatable bonds is 8. The summed E-state index contributed by atoms with van der Waals surface area (Å²) < 4.78 is 5.31. The van der Waals surface area contributed by atoms with Crippen molar-refractivity contribution in [2.24, 2.45) is 5.92 Å². The van der Waals surface area contributed by atoms with E-state index in [1.165, 1.54) is 0 Å². The predicted octanol–water partition coefficient (Wildman–Crippen LogP) is 1.90. The monoisotopic (exact) mass is 271 g/mol. The first kappa shape index (κ1) is 16.0. The van der Waals surface area contributed by atoms with E-state index in [0.29, 0.717) is 13.1 Å². The zero-order chi connectivity index (χ0) is 14.5. The Hall–Kier alpha value is -1.10. The zero-order valence-corrected chi connectivity index (χ0v) is 12.1. The molecule has 5 nitrogen and oxygen atoms in total. The molecule has 0 radical (unpaired) electrons. The van der Waals surface area contributed by atoms with Crippen LogP contribution in [-0.4, -0.2) is 47.2 Å². The van der Waals surface area contributed by atoms with Gasteiger partial charge in [0, 0.05) is 5.92 Å². The Morgan fingerprint density at radius 1 is 1.26 bits per heavy atom. The number of likely N-dealkylation sites (tertiary alicyclic amines) is 1. The molecule has 0 unspecified atom stereocenters. The summed E-state index contributed by atoms with van der Waals surface area (Å²) >= 11 is 0. The van der Waals surface area contributed by atoms with E-state index in [0.717, 1.165) is 25.7 Å². The summed E-state index contributed by atoms with van der Waals surface area (Å²) in [6.07, 6.45) is 3.87. The van der Waals surface area contributed by atoms with Gasteiger partial charge in [0.05, 0.1) is 13.1 Å². The largest absolute Gasteiger partial charge is 0.480 e. The molecule has 1 fully saturated rings. The molecule has 0 aromatic heterocycles. The van der Waals surface area contributed by atoms with E-state index in [2.05, 4.69) is 13.8 Å². The van der Waals surface area contributed by atoms with Crippen LogP contribution in [0.2, 0.25) is 0 Å². The van der Waals surface area contributed by atoms with E-state index >= 15 is 0 Å². The second-order valence-electron chi connectivity index (χ2n) is 5.60. The number of carboxylic acids is 1. The molecular weight excluding hydrogens is 246 g/mol. The number of nitrogens with zero attached hydrogens (tertiary/aromatic N) is 1. The summed E-state index contributed by atoms with van der Waals surface area (Å²) in [7, 11) is 0. The molecule has 5 heteroatoms. The van der Waals surface area contributed by atoms with Crippen molar-refractivity contribution in [2.75, 3.05) is 19.7 Å². The molecule has 1 N–H and O–H groups in total. The van der Waals surface area contributed by atoms with E-state index in [9.17, 15) is 9.59 Å². The molecule has 1 aliphatic heterocycles. The van der Waals surface area contributed by atoms with Gasteiger partial charge in [-0.15, -0.1) is 0 Å². The van der Waals surface area contributed by atoms with Crippen LogP contribution in [0.25, 0.3) is 0 Å². The SMILES string of the molecule is CCCC(CCC)C(=O)N1CC(C)(OCC(=O)O)C1. The van der Waals surface area contributed by atoms with Crippen LogP contribution in [0.4, 0.5) is 0 Å². The molecule has 0 aromatic rings. The maximum atomic E-state index is 12.3. The Balaban J connectivity index is 2.42. The first-order valence-corrected chi connectivity index (χ1v) is 7.06. The molecule has 0 bridgehead atoms. The molecule has 1 heterocycles. The third-order valence-electron chi connectivity index (χ3n) is 3.53. The molecule has 1 saturated heterocycles. The van der Waals surface area contributed by atoms with E-state index < -0.39 is 11.6 Å². The number of carboxylic acid groups (broad SMARTS) is 1. The van der Waals surface area contributed by atoms with Gasteiger partial charge in [-0.3, -0.25) is 4.79 Å². The molecule has 0 aliphatic carbocycles. The van der Waals surface area contributed by atoms with Gasteiger partial charge in [-0.05, 0) is 19.8 Å². The second kappa shape index (κ2) is 6.89. The van der Waals surface area contributed by atoms with Crippen molar-refractivity contribution >= 4 is 11.9 Å². The Labute approximate surface area is 114 Å². The Morgan fingerprint density at radius 2 is 1.79 bits per heavy atom. The van der Waals surface area contributed by atoms with Crippen LogP contribution >= 0.6 is 0 Å². The van der Waals surface area contributed by atoms with Crippen molar-refractivity contribution in [1.82, 2.24) is 4.90 Å². The van der Waals surface area contributed by atoms with Gasteiger partial charge in [-0.2, -0.15) is 0 Å². The fourth-order valence-electron chi connectivity index (χ4n) is 2.59. The first-order chi connectivity index (χ1) is 8.91. The molecule has 110 valence electrons. The molecular formula is C14H25NO4. The number of hydrogen-bond donors (Lipinski definition) is 1. The first-order valence-electron chi connectivity index (χ1n) is 7.06. The van der Waals surface area contributed by atoms with Crippen LogP contribution < -0.4 is 0 Å². The van der Waals surface area contributed by atoms with E-state index in [4.69, 9.17) is 9.84 Å². The van der Waals surface area contributed by atoms with Crippen molar-refractivity contribution < 1.29 is 19.4 Å². The molecule has 1 aliphatic rings. The highest BCUT2D eigenvalue weighted by atomic mass is 16.5. The van der Waals surface area contributed by atoms with Crippen molar-refractivity contribution in [3.8, 4) is 0 Å². The van der Waals surface area contributed by atoms with E-state index in [-0.39, 0.29) is 18.4 Å². The highest BCUT2D eigenvalue weighted by molar-refractivity contribution is 5.80. The van der Waals surface area contributed by atoms with Crippen LogP contribution in [0.5, 0.6) is 0 Å². The molecule has 0 aromatic carbocycles. The Kier molecular flexibility index (Phi) is 5.79. The van der Waals surface area contributed by atoms with Crippen LogP contribution in [0.3, 0.4) is 0 Å². The average molecular weight is 271 g/mol. The lowest BCUT2D eigenvalue weighted by atomic mass is 9.90. The van der Waals surface area contributed by atoms with Gasteiger partial charge in [0.1, 0.15) is 12.2 Å². The summed E-state index contributed by atoms with van der Waals surface area (Å²) in [5.74, 6) is -0.667. The van der Waals surface area contributed by atoms with Crippen LogP contribution in [0, 0.1) is 5.92 Å². The zero-order valence-electron chi connectivity index (χ0n) is 12.1. The molecule has 0 saturated carbocycles. The minimum absolute atomic E-state index is 0.110. The van der Waals surface area contributed by atoms with Crippen molar-refractivity contribution in [1.29, 1.82) is 0 Å². The normalized spacial score (nSPS) is 17.4.